The van der Waals surface area contributed by atoms with Gasteiger partial charge in [0.2, 0.25) is 19.9 Å². The van der Waals surface area contributed by atoms with E-state index in [9.17, 15) is 30.4 Å². The van der Waals surface area contributed by atoms with Gasteiger partial charge in [0.25, 0.3) is 0 Å². The van der Waals surface area contributed by atoms with Crippen molar-refractivity contribution in [3.05, 3.63) is 24.3 Å². The van der Waals surface area contributed by atoms with Gasteiger partial charge >= 0.3 is 11.7 Å². The van der Waals surface area contributed by atoms with Gasteiger partial charge in [-0.3, -0.25) is 4.79 Å². The maximum atomic E-state index is 12.7. The molecule has 0 heterocycles. The number of aliphatic carboxylic acids is 1. The minimum absolute atomic E-state index is 0.0190. The number of alkyl halides is 2. The Morgan fingerprint density at radius 1 is 1.17 bits per heavy atom. The van der Waals surface area contributed by atoms with Crippen LogP contribution < -0.4 is 4.72 Å². The van der Waals surface area contributed by atoms with E-state index in [-0.39, 0.29) is 6.42 Å². The van der Waals surface area contributed by atoms with E-state index < -0.39 is 47.4 Å². The zero-order valence-corrected chi connectivity index (χ0v) is 14.3. The molecule has 24 heavy (non-hydrogen) atoms. The van der Waals surface area contributed by atoms with Crippen LogP contribution in [0.15, 0.2) is 34.1 Å². The number of hydrogen-bond donors (Lipinski definition) is 2. The average molecular weight is 385 g/mol. The molecular formula is C13H17F2NO6S2. The third-order valence-corrected chi connectivity index (χ3v) is 6.22. The van der Waals surface area contributed by atoms with Gasteiger partial charge in [-0.1, -0.05) is 31.9 Å². The van der Waals surface area contributed by atoms with E-state index in [4.69, 9.17) is 5.11 Å². The first kappa shape index (κ1) is 20.5. The largest absolute Gasteiger partial charge is 0.480 e. The first-order valence-electron chi connectivity index (χ1n) is 6.90. The Morgan fingerprint density at radius 2 is 1.71 bits per heavy atom. The highest BCUT2D eigenvalue weighted by Crippen LogP contribution is 2.26. The first-order valence-corrected chi connectivity index (χ1v) is 9.93. The molecule has 0 aliphatic heterocycles. The van der Waals surface area contributed by atoms with E-state index in [0.717, 1.165) is 24.3 Å². The van der Waals surface area contributed by atoms with Gasteiger partial charge in [0.15, 0.2) is 0 Å². The first-order chi connectivity index (χ1) is 11.0. The maximum absolute atomic E-state index is 12.7. The van der Waals surface area contributed by atoms with E-state index in [1.807, 2.05) is 4.72 Å². The lowest BCUT2D eigenvalue weighted by Gasteiger charge is -2.16. The molecular weight excluding hydrogens is 368 g/mol. The lowest BCUT2D eigenvalue weighted by molar-refractivity contribution is -0.139. The van der Waals surface area contributed by atoms with Crippen LogP contribution in [0.1, 0.15) is 26.2 Å². The van der Waals surface area contributed by atoms with E-state index in [1.165, 1.54) is 0 Å². The van der Waals surface area contributed by atoms with Gasteiger partial charge in [-0.25, -0.2) is 16.8 Å². The standard InChI is InChI=1S/C13H17F2NO6S2/c1-2-3-6-9(12(17)18)16-24(21,22)11-8-5-4-7-10(11)23(19,20)13(14)15/h4-5,7-9,13,16H,2-3,6H2,1H3,(H,17,18)/t9-/m0/s1. The van der Waals surface area contributed by atoms with Gasteiger partial charge in [0, 0.05) is 0 Å². The van der Waals surface area contributed by atoms with Crippen LogP contribution >= 0.6 is 0 Å². The zero-order chi connectivity index (χ0) is 18.5. The van der Waals surface area contributed by atoms with Crippen LogP contribution in [0.2, 0.25) is 0 Å². The minimum Gasteiger partial charge on any atom is -0.480 e. The van der Waals surface area contributed by atoms with Crippen molar-refractivity contribution in [2.45, 2.75) is 47.8 Å². The second kappa shape index (κ2) is 7.99. The van der Waals surface area contributed by atoms with E-state index in [2.05, 4.69) is 0 Å². The number of nitrogens with one attached hydrogen (secondary N) is 1. The molecule has 1 rings (SSSR count). The molecule has 0 saturated carbocycles. The van der Waals surface area contributed by atoms with E-state index in [1.54, 1.807) is 6.92 Å². The van der Waals surface area contributed by atoms with Gasteiger partial charge in [0.05, 0.1) is 4.90 Å². The van der Waals surface area contributed by atoms with E-state index >= 15 is 0 Å². The molecule has 0 fully saturated rings. The van der Waals surface area contributed by atoms with Crippen molar-refractivity contribution in [2.24, 2.45) is 0 Å². The van der Waals surface area contributed by atoms with Crippen molar-refractivity contribution in [3.63, 3.8) is 0 Å². The van der Waals surface area contributed by atoms with Crippen LogP contribution in [0, 0.1) is 0 Å². The number of benzene rings is 1. The number of carbonyl (C=O) groups is 1. The Morgan fingerprint density at radius 3 is 2.17 bits per heavy atom. The van der Waals surface area contributed by atoms with Crippen LogP contribution in [-0.2, 0) is 24.7 Å². The Hall–Kier alpha value is -1.59. The van der Waals surface area contributed by atoms with Gasteiger partial charge in [-0.05, 0) is 18.6 Å². The van der Waals surface area contributed by atoms with Crippen LogP contribution in [0.4, 0.5) is 8.78 Å². The molecule has 0 bridgehead atoms. The summed E-state index contributed by atoms with van der Waals surface area (Å²) >= 11 is 0. The van der Waals surface area contributed by atoms with Crippen molar-refractivity contribution >= 4 is 25.8 Å². The molecule has 0 spiro atoms. The number of unbranched alkanes of at least 4 members (excludes halogenated alkanes) is 1. The van der Waals surface area contributed by atoms with Gasteiger partial charge in [-0.15, -0.1) is 0 Å². The van der Waals surface area contributed by atoms with Gasteiger partial charge in [0.1, 0.15) is 10.9 Å². The minimum atomic E-state index is -5.16. The molecule has 11 heteroatoms. The van der Waals surface area contributed by atoms with Crippen molar-refractivity contribution in [2.75, 3.05) is 0 Å². The molecule has 1 aromatic carbocycles. The fraction of sp³-hybridized carbons (Fsp3) is 0.462. The number of carboxylic acids is 1. The molecule has 1 atom stereocenters. The lowest BCUT2D eigenvalue weighted by atomic mass is 10.1. The second-order valence-electron chi connectivity index (χ2n) is 4.91. The predicted octanol–water partition coefficient (Wildman–Crippen LogP) is 1.60. The molecule has 0 amide bonds. The smallest absolute Gasteiger partial charge is 0.341 e. The summed E-state index contributed by atoms with van der Waals surface area (Å²) in [5.41, 5.74) is 0. The zero-order valence-electron chi connectivity index (χ0n) is 12.6. The van der Waals surface area contributed by atoms with Crippen LogP contribution in [0.5, 0.6) is 0 Å². The highest BCUT2D eigenvalue weighted by molar-refractivity contribution is 7.94. The summed E-state index contributed by atoms with van der Waals surface area (Å²) in [4.78, 5) is 9.15. The van der Waals surface area contributed by atoms with Crippen molar-refractivity contribution in [1.82, 2.24) is 4.72 Å². The molecule has 2 N–H and O–H groups in total. The fourth-order valence-electron chi connectivity index (χ4n) is 1.90. The number of halogens is 2. The lowest BCUT2D eigenvalue weighted by Crippen LogP contribution is -2.41. The second-order valence-corrected chi connectivity index (χ2v) is 8.48. The number of carboxylic acid groups (broad SMARTS) is 1. The normalized spacial score (nSPS) is 13.8. The number of sulfonamides is 1. The van der Waals surface area contributed by atoms with Crippen LogP contribution in [0.3, 0.4) is 0 Å². The third kappa shape index (κ3) is 4.71. The Bertz CT molecular complexity index is 792. The number of hydrogen-bond acceptors (Lipinski definition) is 5. The third-order valence-electron chi connectivity index (χ3n) is 3.12. The predicted molar refractivity (Wildman–Crippen MR) is 80.9 cm³/mol. The summed E-state index contributed by atoms with van der Waals surface area (Å²) in [5.74, 6) is -5.24. The van der Waals surface area contributed by atoms with Crippen LogP contribution in [-0.4, -0.2) is 39.7 Å². The topological polar surface area (TPSA) is 118 Å². The SMILES string of the molecule is CCCC[C@H](NS(=O)(=O)c1ccccc1S(=O)(=O)C(F)F)C(=O)O. The molecule has 136 valence electrons. The summed E-state index contributed by atoms with van der Waals surface area (Å²) < 4.78 is 75.2. The summed E-state index contributed by atoms with van der Waals surface area (Å²) in [6.45, 7) is 1.78. The highest BCUT2D eigenvalue weighted by Gasteiger charge is 2.34. The molecule has 0 aliphatic rings. The molecule has 1 aromatic rings. The summed E-state index contributed by atoms with van der Waals surface area (Å²) in [7, 11) is -9.79. The van der Waals surface area contributed by atoms with Gasteiger partial charge < -0.3 is 5.11 Å². The van der Waals surface area contributed by atoms with Crippen molar-refractivity contribution < 1.29 is 35.5 Å². The molecule has 0 aliphatic carbocycles. The van der Waals surface area contributed by atoms with Crippen molar-refractivity contribution in [1.29, 1.82) is 0 Å². The summed E-state index contributed by atoms with van der Waals surface area (Å²) in [6.07, 6.45) is 1.01. The van der Waals surface area contributed by atoms with Crippen LogP contribution in [0.25, 0.3) is 0 Å². The molecule has 7 nitrogen and oxygen atoms in total. The average Bonchev–Trinajstić information content (AvgIpc) is 2.51. The summed E-state index contributed by atoms with van der Waals surface area (Å²) in [5, 5.41) is 9.06. The fourth-order valence-corrected chi connectivity index (χ4v) is 4.69. The molecule has 0 aromatic heterocycles. The van der Waals surface area contributed by atoms with E-state index in [0.29, 0.717) is 12.8 Å². The highest BCUT2D eigenvalue weighted by atomic mass is 32.2. The van der Waals surface area contributed by atoms with Crippen molar-refractivity contribution in [3.8, 4) is 0 Å². The molecule has 0 unspecified atom stereocenters. The monoisotopic (exact) mass is 385 g/mol. The maximum Gasteiger partial charge on any atom is 0.341 e. The number of rotatable bonds is 9. The Kier molecular flexibility index (Phi) is 6.81. The number of sulfone groups is 1. The Labute approximate surface area is 138 Å². The molecule has 0 saturated heterocycles. The molecule has 0 radical (unpaired) electrons. The summed E-state index contributed by atoms with van der Waals surface area (Å²) in [6, 6.07) is 2.33. The Balaban J connectivity index is 3.32. The quantitative estimate of drug-likeness (QED) is 0.667. The van der Waals surface area contributed by atoms with Gasteiger partial charge in [-0.2, -0.15) is 13.5 Å².